The first-order chi connectivity index (χ1) is 22.1. The molecule has 0 atom stereocenters. The Bertz CT molecular complexity index is 2300. The summed E-state index contributed by atoms with van der Waals surface area (Å²) in [5, 5.41) is 12.5. The zero-order valence-corrected chi connectivity index (χ0v) is 25.5. The van der Waals surface area contributed by atoms with Crippen LogP contribution in [0.4, 0.5) is 0 Å². The summed E-state index contributed by atoms with van der Waals surface area (Å²) >= 11 is 0. The molecule has 7 aromatic rings. The fraction of sp³-hybridized carbons (Fsp3) is 0.0476. The molecule has 7 rings (SSSR count). The van der Waals surface area contributed by atoms with Crippen molar-refractivity contribution >= 4 is 49.9 Å². The molecule has 2 heterocycles. The van der Waals surface area contributed by atoms with Crippen molar-refractivity contribution in [3.63, 3.8) is 0 Å². The number of hydrogen-bond donors (Lipinski definition) is 1. The quantitative estimate of drug-likeness (QED) is 0.148. The van der Waals surface area contributed by atoms with Gasteiger partial charge in [0.05, 0.1) is 16.7 Å². The average Bonchev–Trinajstić information content (AvgIpc) is 3.44. The Hall–Kier alpha value is -5.80. The van der Waals surface area contributed by atoms with Gasteiger partial charge in [0, 0.05) is 45.4 Å². The Morgan fingerprint density at radius 3 is 2.09 bits per heavy atom. The largest absolute Gasteiger partial charge is 0.309 e. The number of rotatable bonds is 7. The van der Waals surface area contributed by atoms with Gasteiger partial charge in [-0.15, -0.1) is 0 Å². The second-order valence-electron chi connectivity index (χ2n) is 11.1. The number of pyridine rings is 1. The first-order valence-electron chi connectivity index (χ1n) is 15.2. The van der Waals surface area contributed by atoms with Gasteiger partial charge >= 0.3 is 0 Å². The molecule has 0 aliphatic carbocycles. The van der Waals surface area contributed by atoms with E-state index in [0.29, 0.717) is 0 Å². The number of hydrogen-bond acceptors (Lipinski definition) is 2. The molecule has 3 heteroatoms. The van der Waals surface area contributed by atoms with Gasteiger partial charge in [0.25, 0.3) is 0 Å². The third-order valence-electron chi connectivity index (χ3n) is 8.68. The molecule has 1 N–H and O–H groups in total. The van der Waals surface area contributed by atoms with Gasteiger partial charge in [-0.2, -0.15) is 0 Å². The van der Waals surface area contributed by atoms with Crippen LogP contribution in [0, 0.1) is 5.41 Å². The van der Waals surface area contributed by atoms with E-state index >= 15 is 0 Å². The van der Waals surface area contributed by atoms with E-state index in [1.54, 1.807) is 0 Å². The van der Waals surface area contributed by atoms with Gasteiger partial charge in [-0.05, 0) is 83.5 Å². The van der Waals surface area contributed by atoms with E-state index in [-0.39, 0.29) is 0 Å². The topological polar surface area (TPSA) is 41.7 Å². The molecule has 0 unspecified atom stereocenters. The van der Waals surface area contributed by atoms with Gasteiger partial charge in [0.2, 0.25) is 0 Å². The SMILES string of the molecule is C=C/C(=C\C)c1cccc(-c2ccc3c4ccc5cc(-c6ccc(/C(C=N)=C/C)nc6)ccc5c4n(-c4ccccc4)c3c2)c1. The average molecular weight is 580 g/mol. The molecule has 0 saturated carbocycles. The zero-order chi connectivity index (χ0) is 30.9. The Labute approximate surface area is 263 Å². The van der Waals surface area contributed by atoms with E-state index in [9.17, 15) is 0 Å². The minimum atomic E-state index is 0.806. The molecule has 45 heavy (non-hydrogen) atoms. The lowest BCUT2D eigenvalue weighted by Crippen LogP contribution is -1.94. The van der Waals surface area contributed by atoms with E-state index in [1.165, 1.54) is 49.9 Å². The van der Waals surface area contributed by atoms with Crippen molar-refractivity contribution in [2.24, 2.45) is 0 Å². The Balaban J connectivity index is 1.42. The fourth-order valence-corrected chi connectivity index (χ4v) is 6.36. The number of aromatic nitrogens is 2. The molecule has 0 fully saturated rings. The number of nitrogens with zero attached hydrogens (tertiary/aromatic N) is 2. The van der Waals surface area contributed by atoms with Crippen molar-refractivity contribution < 1.29 is 0 Å². The highest BCUT2D eigenvalue weighted by atomic mass is 15.0. The van der Waals surface area contributed by atoms with Crippen molar-refractivity contribution in [1.29, 1.82) is 5.41 Å². The summed E-state index contributed by atoms with van der Waals surface area (Å²) in [5.41, 5.74) is 11.9. The monoisotopic (exact) mass is 579 g/mol. The molecule has 3 nitrogen and oxygen atoms in total. The maximum absolute atomic E-state index is 7.64. The van der Waals surface area contributed by atoms with Gasteiger partial charge in [-0.3, -0.25) is 4.98 Å². The summed E-state index contributed by atoms with van der Waals surface area (Å²) in [6.45, 7) is 7.98. The van der Waals surface area contributed by atoms with E-state index < -0.39 is 0 Å². The highest BCUT2D eigenvalue weighted by molar-refractivity contribution is 6.19. The van der Waals surface area contributed by atoms with Crippen molar-refractivity contribution in [3.8, 4) is 27.9 Å². The van der Waals surface area contributed by atoms with Crippen molar-refractivity contribution in [2.45, 2.75) is 13.8 Å². The molecule has 0 aliphatic heterocycles. The van der Waals surface area contributed by atoms with Crippen LogP contribution in [0.3, 0.4) is 0 Å². The van der Waals surface area contributed by atoms with E-state index in [2.05, 4.69) is 131 Å². The van der Waals surface area contributed by atoms with Crippen LogP contribution in [-0.2, 0) is 0 Å². The van der Waals surface area contributed by atoms with E-state index in [0.717, 1.165) is 39.2 Å². The lowest BCUT2D eigenvalue weighted by atomic mass is 9.97. The van der Waals surface area contributed by atoms with Crippen LogP contribution in [0.25, 0.3) is 71.7 Å². The molecule has 0 radical (unpaired) electrons. The summed E-state index contributed by atoms with van der Waals surface area (Å²) in [4.78, 5) is 4.64. The first-order valence-corrected chi connectivity index (χ1v) is 15.2. The van der Waals surface area contributed by atoms with Crippen LogP contribution in [0.15, 0.2) is 146 Å². The Morgan fingerprint density at radius 1 is 0.667 bits per heavy atom. The fourth-order valence-electron chi connectivity index (χ4n) is 6.36. The van der Waals surface area contributed by atoms with Crippen molar-refractivity contribution in [1.82, 2.24) is 9.55 Å². The van der Waals surface area contributed by atoms with Crippen LogP contribution in [-0.4, -0.2) is 15.8 Å². The summed E-state index contributed by atoms with van der Waals surface area (Å²) in [7, 11) is 0. The van der Waals surface area contributed by atoms with Gasteiger partial charge in [0.15, 0.2) is 0 Å². The third kappa shape index (κ3) is 4.89. The predicted molar refractivity (Wildman–Crippen MR) is 193 cm³/mol. The molecule has 0 aliphatic rings. The van der Waals surface area contributed by atoms with Gasteiger partial charge < -0.3 is 9.98 Å². The molecular formula is C42H33N3. The standard InChI is InChI=1S/C42H33N3/c1-4-28(5-2)30-11-10-12-31(23-30)33-16-20-38-39-21-17-34-24-32(35-18-22-40(44-27-35)29(6-3)26-43)15-19-37(34)42(39)45(41(38)25-33)36-13-8-7-9-14-36/h4-27,43H,1H2,2-3H3/b28-5+,29-6+,43-26?. The second kappa shape index (κ2) is 11.7. The maximum atomic E-state index is 7.64. The smallest absolute Gasteiger partial charge is 0.0714 e. The van der Waals surface area contributed by atoms with Gasteiger partial charge in [0.1, 0.15) is 0 Å². The van der Waals surface area contributed by atoms with Crippen LogP contribution >= 0.6 is 0 Å². The van der Waals surface area contributed by atoms with Crippen LogP contribution < -0.4 is 0 Å². The molecular weight excluding hydrogens is 546 g/mol. The molecule has 0 saturated heterocycles. The van der Waals surface area contributed by atoms with Crippen molar-refractivity contribution in [2.75, 3.05) is 0 Å². The summed E-state index contributed by atoms with van der Waals surface area (Å²) in [5.74, 6) is 0. The highest BCUT2D eigenvalue weighted by Crippen LogP contribution is 2.39. The lowest BCUT2D eigenvalue weighted by Gasteiger charge is -2.12. The third-order valence-corrected chi connectivity index (χ3v) is 8.68. The highest BCUT2D eigenvalue weighted by Gasteiger charge is 2.17. The zero-order valence-electron chi connectivity index (χ0n) is 25.5. The van der Waals surface area contributed by atoms with E-state index in [4.69, 9.17) is 5.41 Å². The Morgan fingerprint density at radius 2 is 1.38 bits per heavy atom. The molecule has 216 valence electrons. The Kier molecular flexibility index (Phi) is 7.28. The summed E-state index contributed by atoms with van der Waals surface area (Å²) in [6, 6.07) is 41.4. The lowest BCUT2D eigenvalue weighted by molar-refractivity contribution is 1.19. The maximum Gasteiger partial charge on any atom is 0.0714 e. The minimum absolute atomic E-state index is 0.806. The first kappa shape index (κ1) is 28.0. The molecule has 2 aromatic heterocycles. The van der Waals surface area contributed by atoms with E-state index in [1.807, 2.05) is 38.3 Å². The summed E-state index contributed by atoms with van der Waals surface area (Å²) in [6.07, 6.45) is 9.16. The second-order valence-corrected chi connectivity index (χ2v) is 11.1. The van der Waals surface area contributed by atoms with Crippen LogP contribution in [0.5, 0.6) is 0 Å². The van der Waals surface area contributed by atoms with Gasteiger partial charge in [-0.1, -0.05) is 104 Å². The number of benzene rings is 5. The minimum Gasteiger partial charge on any atom is -0.309 e. The number of allylic oxidation sites excluding steroid dienone is 5. The van der Waals surface area contributed by atoms with Crippen LogP contribution in [0.1, 0.15) is 25.1 Å². The van der Waals surface area contributed by atoms with Gasteiger partial charge in [-0.25, -0.2) is 0 Å². The normalized spacial score (nSPS) is 12.2. The molecule has 0 amide bonds. The number of fused-ring (bicyclic) bond motifs is 5. The van der Waals surface area contributed by atoms with Crippen LogP contribution in [0.2, 0.25) is 0 Å². The summed E-state index contributed by atoms with van der Waals surface area (Å²) < 4.78 is 2.41. The molecule has 0 bridgehead atoms. The number of nitrogens with one attached hydrogen (secondary N) is 1. The number of para-hydroxylation sites is 1. The van der Waals surface area contributed by atoms with Crippen molar-refractivity contribution in [3.05, 3.63) is 158 Å². The molecule has 0 spiro atoms. The molecule has 5 aromatic carbocycles. The predicted octanol–water partition coefficient (Wildman–Crippen LogP) is 11.3.